The van der Waals surface area contributed by atoms with Crippen molar-refractivity contribution in [1.29, 1.82) is 0 Å². The largest absolute Gasteiger partial charge is 0.507 e. The summed E-state index contributed by atoms with van der Waals surface area (Å²) < 4.78 is 0.769. The van der Waals surface area contributed by atoms with Crippen LogP contribution in [0.2, 0.25) is 0 Å². The predicted molar refractivity (Wildman–Crippen MR) is 60.5 cm³/mol. The Kier molecular flexibility index (Phi) is 3.08. The van der Waals surface area contributed by atoms with Gasteiger partial charge in [-0.2, -0.15) is 0 Å². The third-order valence-electron chi connectivity index (χ3n) is 2.70. The van der Waals surface area contributed by atoms with Gasteiger partial charge in [-0.25, -0.2) is 0 Å². The Morgan fingerprint density at radius 1 is 1.50 bits per heavy atom. The van der Waals surface area contributed by atoms with Gasteiger partial charge in [-0.3, -0.25) is 0 Å². The summed E-state index contributed by atoms with van der Waals surface area (Å²) in [4.78, 5) is 0. The molecule has 1 unspecified atom stereocenters. The molecule has 0 radical (unpaired) electrons. The lowest BCUT2D eigenvalue weighted by Gasteiger charge is -2.08. The Bertz CT molecular complexity index is 321. The maximum Gasteiger partial charge on any atom is 0.130 e. The molecule has 0 saturated carbocycles. The monoisotopic (exact) mass is 255 g/mol. The molecule has 1 aromatic carbocycles. The van der Waals surface area contributed by atoms with Crippen molar-refractivity contribution >= 4 is 15.9 Å². The molecule has 0 amide bonds. The molecule has 0 spiro atoms. The molecule has 1 fully saturated rings. The van der Waals surface area contributed by atoms with Crippen LogP contribution in [0.25, 0.3) is 0 Å². The van der Waals surface area contributed by atoms with E-state index in [0.717, 1.165) is 29.9 Å². The fourth-order valence-electron chi connectivity index (χ4n) is 1.91. The Labute approximate surface area is 92.5 Å². The van der Waals surface area contributed by atoms with Crippen LogP contribution in [-0.4, -0.2) is 18.2 Å². The van der Waals surface area contributed by atoms with Crippen LogP contribution < -0.4 is 5.32 Å². The van der Waals surface area contributed by atoms with Gasteiger partial charge in [0.15, 0.2) is 0 Å². The molecule has 2 N–H and O–H groups in total. The lowest BCUT2D eigenvalue weighted by atomic mass is 9.99. The highest BCUT2D eigenvalue weighted by atomic mass is 79.9. The van der Waals surface area contributed by atoms with Crippen molar-refractivity contribution in [3.05, 3.63) is 28.2 Å². The van der Waals surface area contributed by atoms with Crippen molar-refractivity contribution in [2.75, 3.05) is 13.1 Å². The van der Waals surface area contributed by atoms with Gasteiger partial charge in [0.05, 0.1) is 4.47 Å². The molecule has 1 atom stereocenters. The molecule has 1 aliphatic heterocycles. The van der Waals surface area contributed by atoms with Crippen LogP contribution in [0.5, 0.6) is 5.75 Å². The summed E-state index contributed by atoms with van der Waals surface area (Å²) in [6.45, 7) is 2.24. The minimum atomic E-state index is 0.341. The van der Waals surface area contributed by atoms with Crippen LogP contribution in [-0.2, 0) is 6.42 Å². The first-order valence-electron chi connectivity index (χ1n) is 4.94. The summed E-state index contributed by atoms with van der Waals surface area (Å²) in [5, 5.41) is 12.9. The molecule has 2 rings (SSSR count). The summed E-state index contributed by atoms with van der Waals surface area (Å²) in [5.74, 6) is 1.07. The van der Waals surface area contributed by atoms with E-state index in [1.807, 2.05) is 12.1 Å². The molecule has 2 nitrogen and oxygen atoms in total. The highest BCUT2D eigenvalue weighted by Crippen LogP contribution is 2.26. The highest BCUT2D eigenvalue weighted by molar-refractivity contribution is 9.10. The lowest BCUT2D eigenvalue weighted by molar-refractivity contribution is 0.470. The van der Waals surface area contributed by atoms with E-state index in [1.165, 1.54) is 12.0 Å². The average Bonchev–Trinajstić information content (AvgIpc) is 2.64. The third kappa shape index (κ3) is 2.28. The predicted octanol–water partition coefficient (Wildman–Crippen LogP) is 2.31. The van der Waals surface area contributed by atoms with Crippen molar-refractivity contribution < 1.29 is 5.11 Å². The number of phenols is 1. The molecule has 14 heavy (non-hydrogen) atoms. The van der Waals surface area contributed by atoms with E-state index in [2.05, 4.69) is 27.3 Å². The number of halogens is 1. The van der Waals surface area contributed by atoms with Crippen LogP contribution in [0.4, 0.5) is 0 Å². The summed E-state index contributed by atoms with van der Waals surface area (Å²) in [6, 6.07) is 5.83. The molecule has 76 valence electrons. The van der Waals surface area contributed by atoms with Crippen molar-refractivity contribution in [2.45, 2.75) is 12.8 Å². The molecule has 1 aliphatic rings. The molecule has 1 saturated heterocycles. The van der Waals surface area contributed by atoms with Crippen LogP contribution >= 0.6 is 15.9 Å². The zero-order valence-corrected chi connectivity index (χ0v) is 9.55. The fraction of sp³-hybridized carbons (Fsp3) is 0.455. The van der Waals surface area contributed by atoms with Crippen molar-refractivity contribution in [2.24, 2.45) is 5.92 Å². The summed E-state index contributed by atoms with van der Waals surface area (Å²) >= 11 is 3.28. The van der Waals surface area contributed by atoms with E-state index in [1.54, 1.807) is 0 Å². The summed E-state index contributed by atoms with van der Waals surface area (Å²) in [7, 11) is 0. The van der Waals surface area contributed by atoms with Gasteiger partial charge in [-0.1, -0.05) is 6.07 Å². The molecule has 3 heteroatoms. The molecular formula is C11H14BrNO. The fourth-order valence-corrected chi connectivity index (χ4v) is 2.15. The highest BCUT2D eigenvalue weighted by Gasteiger charge is 2.15. The Morgan fingerprint density at radius 2 is 2.36 bits per heavy atom. The number of nitrogens with one attached hydrogen (secondary N) is 1. The normalized spacial score (nSPS) is 21.4. The van der Waals surface area contributed by atoms with Gasteiger partial charge in [0.2, 0.25) is 0 Å². The Hall–Kier alpha value is -0.540. The number of hydrogen-bond acceptors (Lipinski definition) is 2. The molecule has 0 bridgehead atoms. The summed E-state index contributed by atoms with van der Waals surface area (Å²) in [6.07, 6.45) is 2.31. The molecule has 1 aromatic rings. The second-order valence-corrected chi connectivity index (χ2v) is 4.70. The minimum Gasteiger partial charge on any atom is -0.507 e. The molecular weight excluding hydrogens is 242 g/mol. The van der Waals surface area contributed by atoms with E-state index < -0.39 is 0 Å². The topological polar surface area (TPSA) is 32.3 Å². The van der Waals surface area contributed by atoms with E-state index in [0.29, 0.717) is 5.75 Å². The number of phenolic OH excluding ortho intramolecular Hbond substituents is 1. The first kappa shape index (κ1) is 9.99. The lowest BCUT2D eigenvalue weighted by Crippen LogP contribution is -2.10. The van der Waals surface area contributed by atoms with Gasteiger partial charge < -0.3 is 10.4 Å². The average molecular weight is 256 g/mol. The second-order valence-electron chi connectivity index (χ2n) is 3.85. The SMILES string of the molecule is Oc1cc(CC2CCNC2)ccc1Br. The van der Waals surface area contributed by atoms with Crippen LogP contribution in [0.3, 0.4) is 0 Å². The van der Waals surface area contributed by atoms with Crippen molar-refractivity contribution in [1.82, 2.24) is 5.32 Å². The Balaban J connectivity index is 2.05. The molecule has 1 heterocycles. The first-order chi connectivity index (χ1) is 6.75. The zero-order chi connectivity index (χ0) is 9.97. The second kappa shape index (κ2) is 4.32. The quantitative estimate of drug-likeness (QED) is 0.851. The number of rotatable bonds is 2. The maximum atomic E-state index is 9.51. The smallest absolute Gasteiger partial charge is 0.130 e. The summed E-state index contributed by atoms with van der Waals surface area (Å²) in [5.41, 5.74) is 1.22. The number of hydrogen-bond donors (Lipinski definition) is 2. The number of aromatic hydroxyl groups is 1. The van der Waals surface area contributed by atoms with Gasteiger partial charge >= 0.3 is 0 Å². The molecule has 0 aliphatic carbocycles. The standard InChI is InChI=1S/C11H14BrNO/c12-10-2-1-8(6-11(10)14)5-9-3-4-13-7-9/h1-2,6,9,13-14H,3-5,7H2. The van der Waals surface area contributed by atoms with Crippen molar-refractivity contribution in [3.8, 4) is 5.75 Å². The van der Waals surface area contributed by atoms with Crippen molar-refractivity contribution in [3.63, 3.8) is 0 Å². The van der Waals surface area contributed by atoms with Gasteiger partial charge in [-0.05, 0) is 65.5 Å². The van der Waals surface area contributed by atoms with Crippen LogP contribution in [0, 0.1) is 5.92 Å². The maximum absolute atomic E-state index is 9.51. The zero-order valence-electron chi connectivity index (χ0n) is 7.96. The minimum absolute atomic E-state index is 0.341. The van der Waals surface area contributed by atoms with E-state index >= 15 is 0 Å². The van der Waals surface area contributed by atoms with Gasteiger partial charge in [0.1, 0.15) is 5.75 Å². The van der Waals surface area contributed by atoms with E-state index in [4.69, 9.17) is 0 Å². The first-order valence-corrected chi connectivity index (χ1v) is 5.73. The third-order valence-corrected chi connectivity index (χ3v) is 3.37. The van der Waals surface area contributed by atoms with Gasteiger partial charge in [0, 0.05) is 0 Å². The van der Waals surface area contributed by atoms with Gasteiger partial charge in [0.25, 0.3) is 0 Å². The Morgan fingerprint density at radius 3 is 3.00 bits per heavy atom. The van der Waals surface area contributed by atoms with E-state index in [9.17, 15) is 5.11 Å². The number of benzene rings is 1. The van der Waals surface area contributed by atoms with E-state index in [-0.39, 0.29) is 0 Å². The van der Waals surface area contributed by atoms with Crippen LogP contribution in [0.15, 0.2) is 22.7 Å². The molecule has 0 aromatic heterocycles. The van der Waals surface area contributed by atoms with Gasteiger partial charge in [-0.15, -0.1) is 0 Å². The van der Waals surface area contributed by atoms with Crippen LogP contribution in [0.1, 0.15) is 12.0 Å².